The molecule has 0 radical (unpaired) electrons. The van der Waals surface area contributed by atoms with Gasteiger partial charge in [0, 0.05) is 12.0 Å². The smallest absolute Gasteiger partial charge is 0.131 e. The Morgan fingerprint density at radius 3 is 2.47 bits per heavy atom. The molecule has 0 aliphatic rings. The van der Waals surface area contributed by atoms with Crippen LogP contribution < -0.4 is 0 Å². The quantitative estimate of drug-likeness (QED) is 0.833. The van der Waals surface area contributed by atoms with Gasteiger partial charge in [0.2, 0.25) is 0 Å². The number of aliphatic hydroxyl groups excluding tert-OH is 1. The lowest BCUT2D eigenvalue weighted by molar-refractivity contribution is 0.233. The van der Waals surface area contributed by atoms with Gasteiger partial charge in [0.1, 0.15) is 11.9 Å². The number of halogens is 1. The zero-order valence-electron chi connectivity index (χ0n) is 10.7. The van der Waals surface area contributed by atoms with Crippen LogP contribution in [0.2, 0.25) is 0 Å². The molecule has 0 aromatic heterocycles. The molecular formula is C17H15FO. The summed E-state index contributed by atoms with van der Waals surface area (Å²) in [6, 6.07) is 12.6. The molecule has 0 saturated carbocycles. The summed E-state index contributed by atoms with van der Waals surface area (Å²) in [5.74, 6) is 2.05. The second kappa shape index (κ2) is 5.69. The fourth-order valence-electron chi connectivity index (χ4n) is 1.96. The molecule has 0 bridgehead atoms. The number of benzene rings is 2. The van der Waals surface area contributed by atoms with Crippen molar-refractivity contribution in [2.75, 3.05) is 0 Å². The number of hydrogen-bond donors (Lipinski definition) is 1. The molecule has 1 unspecified atom stereocenters. The summed E-state index contributed by atoms with van der Waals surface area (Å²) in [6.45, 7) is 1.86. The molecular weight excluding hydrogens is 239 g/mol. The van der Waals surface area contributed by atoms with Gasteiger partial charge in [0.05, 0.1) is 0 Å². The van der Waals surface area contributed by atoms with Crippen molar-refractivity contribution >= 4 is 0 Å². The number of aliphatic hydroxyl groups is 1. The van der Waals surface area contributed by atoms with E-state index in [1.54, 1.807) is 6.07 Å². The van der Waals surface area contributed by atoms with Gasteiger partial charge in [0.15, 0.2) is 0 Å². The van der Waals surface area contributed by atoms with Gasteiger partial charge in [-0.25, -0.2) is 4.39 Å². The molecule has 0 fully saturated rings. The van der Waals surface area contributed by atoms with Crippen LogP contribution in [0, 0.1) is 25.1 Å². The van der Waals surface area contributed by atoms with E-state index in [1.165, 1.54) is 6.07 Å². The maximum Gasteiger partial charge on any atom is 0.131 e. The minimum atomic E-state index is -0.776. The van der Waals surface area contributed by atoms with Crippen molar-refractivity contribution in [3.8, 4) is 23.5 Å². The Hall–Kier alpha value is -2.11. The summed E-state index contributed by atoms with van der Waals surface area (Å²) in [5, 5.41) is 9.38. The van der Waals surface area contributed by atoms with Crippen molar-refractivity contribution in [2.24, 2.45) is 0 Å². The third kappa shape index (κ3) is 3.21. The normalized spacial score (nSPS) is 11.9. The van der Waals surface area contributed by atoms with Crippen molar-refractivity contribution in [1.29, 1.82) is 0 Å². The van der Waals surface area contributed by atoms with E-state index in [1.807, 2.05) is 37.3 Å². The Morgan fingerprint density at radius 1 is 1.21 bits per heavy atom. The molecule has 1 nitrogen and oxygen atoms in total. The Kier molecular flexibility index (Phi) is 3.99. The van der Waals surface area contributed by atoms with Crippen molar-refractivity contribution in [3.05, 3.63) is 59.4 Å². The minimum absolute atomic E-state index is 0.226. The predicted molar refractivity (Wildman–Crippen MR) is 75.1 cm³/mol. The van der Waals surface area contributed by atoms with Crippen LogP contribution in [-0.2, 0) is 6.42 Å². The van der Waals surface area contributed by atoms with E-state index >= 15 is 0 Å². The minimum Gasteiger partial charge on any atom is -0.380 e. The van der Waals surface area contributed by atoms with Gasteiger partial charge in [-0.1, -0.05) is 42.3 Å². The van der Waals surface area contributed by atoms with Crippen molar-refractivity contribution < 1.29 is 9.50 Å². The van der Waals surface area contributed by atoms with Gasteiger partial charge >= 0.3 is 0 Å². The van der Waals surface area contributed by atoms with Crippen LogP contribution in [0.5, 0.6) is 0 Å². The zero-order valence-corrected chi connectivity index (χ0v) is 10.7. The van der Waals surface area contributed by atoms with E-state index in [0.29, 0.717) is 12.0 Å². The van der Waals surface area contributed by atoms with Gasteiger partial charge in [0.25, 0.3) is 0 Å². The highest BCUT2D eigenvalue weighted by Crippen LogP contribution is 2.24. The lowest BCUT2D eigenvalue weighted by Gasteiger charge is -2.07. The number of rotatable bonds is 3. The maximum absolute atomic E-state index is 13.8. The highest BCUT2D eigenvalue weighted by molar-refractivity contribution is 5.64. The first-order valence-corrected chi connectivity index (χ1v) is 6.10. The molecule has 2 aromatic carbocycles. The summed E-state index contributed by atoms with van der Waals surface area (Å²) in [7, 11) is 0. The van der Waals surface area contributed by atoms with E-state index in [2.05, 4.69) is 5.92 Å². The van der Waals surface area contributed by atoms with Crippen LogP contribution in [0.4, 0.5) is 4.39 Å². The lowest BCUT2D eigenvalue weighted by Crippen LogP contribution is -2.06. The van der Waals surface area contributed by atoms with Crippen molar-refractivity contribution in [3.63, 3.8) is 0 Å². The molecule has 19 heavy (non-hydrogen) atoms. The molecule has 96 valence electrons. The molecule has 0 aliphatic carbocycles. The summed E-state index contributed by atoms with van der Waals surface area (Å²) in [5.41, 5.74) is 3.22. The third-order valence-electron chi connectivity index (χ3n) is 3.01. The highest BCUT2D eigenvalue weighted by atomic mass is 19.1. The van der Waals surface area contributed by atoms with Gasteiger partial charge < -0.3 is 5.11 Å². The first kappa shape index (κ1) is 13.3. The monoisotopic (exact) mass is 254 g/mol. The fourth-order valence-corrected chi connectivity index (χ4v) is 1.96. The van der Waals surface area contributed by atoms with Gasteiger partial charge in [-0.3, -0.25) is 0 Å². The average molecular weight is 254 g/mol. The Balaban J connectivity index is 2.25. The van der Waals surface area contributed by atoms with E-state index in [-0.39, 0.29) is 5.82 Å². The molecule has 0 amide bonds. The largest absolute Gasteiger partial charge is 0.380 e. The van der Waals surface area contributed by atoms with Gasteiger partial charge in [-0.15, -0.1) is 6.42 Å². The third-order valence-corrected chi connectivity index (χ3v) is 3.01. The zero-order chi connectivity index (χ0) is 13.8. The molecule has 0 saturated heterocycles. The van der Waals surface area contributed by atoms with Gasteiger partial charge in [-0.2, -0.15) is 0 Å². The van der Waals surface area contributed by atoms with E-state index in [0.717, 1.165) is 16.7 Å². The van der Waals surface area contributed by atoms with Crippen molar-refractivity contribution in [1.82, 2.24) is 0 Å². The number of terminal acetylenes is 1. The first-order chi connectivity index (χ1) is 9.10. The SMILES string of the molecule is C#CC(O)Cc1ccc(-c2ccc(C)cc2F)cc1. The van der Waals surface area contributed by atoms with Gasteiger partial charge in [-0.05, 0) is 29.7 Å². The second-order valence-electron chi connectivity index (χ2n) is 4.57. The van der Waals surface area contributed by atoms with Crippen LogP contribution >= 0.6 is 0 Å². The summed E-state index contributed by atoms with van der Waals surface area (Å²) < 4.78 is 13.8. The first-order valence-electron chi connectivity index (χ1n) is 6.10. The standard InChI is InChI=1S/C17H15FO/c1-3-15(19)11-13-5-7-14(8-6-13)16-9-4-12(2)10-17(16)18/h1,4-10,15,19H,11H2,2H3. The van der Waals surface area contributed by atoms with Crippen LogP contribution in [0.25, 0.3) is 11.1 Å². The summed E-state index contributed by atoms with van der Waals surface area (Å²) >= 11 is 0. The van der Waals surface area contributed by atoms with E-state index in [4.69, 9.17) is 6.42 Å². The van der Waals surface area contributed by atoms with Crippen LogP contribution in [-0.4, -0.2) is 11.2 Å². The van der Waals surface area contributed by atoms with Crippen molar-refractivity contribution in [2.45, 2.75) is 19.4 Å². The number of aryl methyl sites for hydroxylation is 1. The second-order valence-corrected chi connectivity index (χ2v) is 4.57. The van der Waals surface area contributed by atoms with E-state index in [9.17, 15) is 9.50 Å². The molecule has 1 N–H and O–H groups in total. The molecule has 2 heteroatoms. The average Bonchev–Trinajstić information content (AvgIpc) is 2.40. The Bertz CT molecular complexity index is 608. The molecule has 2 rings (SSSR count). The molecule has 0 spiro atoms. The van der Waals surface area contributed by atoms with E-state index < -0.39 is 6.10 Å². The number of hydrogen-bond acceptors (Lipinski definition) is 1. The summed E-state index contributed by atoms with van der Waals surface area (Å²) in [6.07, 6.45) is 4.76. The lowest BCUT2D eigenvalue weighted by atomic mass is 10.0. The molecule has 2 aromatic rings. The van der Waals surface area contributed by atoms with Crippen LogP contribution in [0.1, 0.15) is 11.1 Å². The fraction of sp³-hybridized carbons (Fsp3) is 0.176. The molecule has 0 aliphatic heterocycles. The Morgan fingerprint density at radius 2 is 1.89 bits per heavy atom. The Labute approximate surface area is 112 Å². The predicted octanol–water partition coefficient (Wildman–Crippen LogP) is 3.34. The topological polar surface area (TPSA) is 20.2 Å². The highest BCUT2D eigenvalue weighted by Gasteiger charge is 2.06. The summed E-state index contributed by atoms with van der Waals surface area (Å²) in [4.78, 5) is 0. The molecule has 0 heterocycles. The van der Waals surface area contributed by atoms with Crippen LogP contribution in [0.15, 0.2) is 42.5 Å². The molecule has 1 atom stereocenters. The van der Waals surface area contributed by atoms with Crippen LogP contribution in [0.3, 0.4) is 0 Å². The maximum atomic E-state index is 13.8.